The second-order valence-electron chi connectivity index (χ2n) is 7.14. The largest absolute Gasteiger partial charge is 0.497 e. The number of pyridine rings is 1. The molecule has 0 aliphatic carbocycles. The minimum absolute atomic E-state index is 0.0128. The van der Waals surface area contributed by atoms with Crippen LogP contribution >= 0.6 is 0 Å². The third kappa shape index (κ3) is 4.17. The number of methoxy groups -OCH3 is 1. The van der Waals surface area contributed by atoms with Gasteiger partial charge in [0.2, 0.25) is 0 Å². The molecule has 0 unspecified atom stereocenters. The van der Waals surface area contributed by atoms with Crippen LogP contribution in [0.1, 0.15) is 20.7 Å². The molecule has 3 aromatic rings. The Kier molecular flexibility index (Phi) is 5.75. The van der Waals surface area contributed by atoms with E-state index in [9.17, 15) is 9.59 Å². The first-order chi connectivity index (χ1) is 14.7. The number of benzene rings is 2. The van der Waals surface area contributed by atoms with Gasteiger partial charge in [-0.25, -0.2) is 0 Å². The molecule has 1 fully saturated rings. The normalized spacial score (nSPS) is 13.8. The number of carbonyl (C=O) groups is 2. The lowest BCUT2D eigenvalue weighted by Crippen LogP contribution is -2.50. The Labute approximate surface area is 175 Å². The molecule has 0 spiro atoms. The van der Waals surface area contributed by atoms with Gasteiger partial charge in [0.15, 0.2) is 0 Å². The Hall–Kier alpha value is -3.67. The fourth-order valence-corrected chi connectivity index (χ4v) is 3.57. The van der Waals surface area contributed by atoms with Gasteiger partial charge in [-0.05, 0) is 47.5 Å². The van der Waals surface area contributed by atoms with Crippen LogP contribution < -0.4 is 4.74 Å². The Morgan fingerprint density at radius 2 is 1.47 bits per heavy atom. The van der Waals surface area contributed by atoms with Gasteiger partial charge in [-0.1, -0.05) is 24.3 Å². The molecule has 1 aliphatic heterocycles. The van der Waals surface area contributed by atoms with E-state index in [1.54, 1.807) is 47.5 Å². The lowest BCUT2D eigenvalue weighted by molar-refractivity contribution is 0.0535. The van der Waals surface area contributed by atoms with Gasteiger partial charge in [0.25, 0.3) is 11.8 Å². The Morgan fingerprint density at radius 1 is 0.800 bits per heavy atom. The molecule has 0 radical (unpaired) electrons. The number of amides is 2. The summed E-state index contributed by atoms with van der Waals surface area (Å²) >= 11 is 0. The zero-order valence-electron chi connectivity index (χ0n) is 16.8. The number of nitrogens with zero attached hydrogens (tertiary/aromatic N) is 3. The van der Waals surface area contributed by atoms with E-state index >= 15 is 0 Å². The number of rotatable bonds is 4. The molecule has 1 aliphatic rings. The van der Waals surface area contributed by atoms with Gasteiger partial charge < -0.3 is 14.5 Å². The molecule has 0 bridgehead atoms. The van der Waals surface area contributed by atoms with Crippen molar-refractivity contribution in [2.45, 2.75) is 0 Å². The number of aromatic nitrogens is 1. The molecule has 0 saturated carbocycles. The summed E-state index contributed by atoms with van der Waals surface area (Å²) in [6.07, 6.45) is 3.54. The average molecular weight is 401 g/mol. The summed E-state index contributed by atoms with van der Waals surface area (Å²) in [6, 6.07) is 18.6. The van der Waals surface area contributed by atoms with Crippen molar-refractivity contribution >= 4 is 11.8 Å². The lowest BCUT2D eigenvalue weighted by atomic mass is 10.0. The summed E-state index contributed by atoms with van der Waals surface area (Å²) in [5, 5.41) is 0. The third-order valence-electron chi connectivity index (χ3n) is 5.30. The molecule has 6 nitrogen and oxygen atoms in total. The van der Waals surface area contributed by atoms with E-state index < -0.39 is 0 Å². The molecule has 30 heavy (non-hydrogen) atoms. The van der Waals surface area contributed by atoms with E-state index in [1.807, 2.05) is 42.5 Å². The molecular weight excluding hydrogens is 378 g/mol. The minimum Gasteiger partial charge on any atom is -0.497 e. The summed E-state index contributed by atoms with van der Waals surface area (Å²) in [6.45, 7) is 2.04. The zero-order chi connectivity index (χ0) is 20.9. The predicted octanol–water partition coefficient (Wildman–Crippen LogP) is 3.36. The molecule has 2 amide bonds. The smallest absolute Gasteiger partial charge is 0.254 e. The average Bonchev–Trinajstić information content (AvgIpc) is 2.84. The van der Waals surface area contributed by atoms with Gasteiger partial charge in [-0.15, -0.1) is 0 Å². The van der Waals surface area contributed by atoms with E-state index in [4.69, 9.17) is 4.74 Å². The standard InChI is InChI=1S/C24H23N3O3/c1-30-22-6-2-4-20(16-22)24(29)27-14-12-26(13-15-27)23(28)19-9-7-18(8-10-19)21-5-3-11-25-17-21/h2-11,16-17H,12-15H2,1H3. The number of piperazine rings is 1. The highest BCUT2D eigenvalue weighted by atomic mass is 16.5. The third-order valence-corrected chi connectivity index (χ3v) is 5.30. The topological polar surface area (TPSA) is 62.7 Å². The highest BCUT2D eigenvalue weighted by Crippen LogP contribution is 2.20. The Bertz CT molecular complexity index is 1030. The van der Waals surface area contributed by atoms with Crippen LogP contribution in [0.3, 0.4) is 0 Å². The molecule has 4 rings (SSSR count). The van der Waals surface area contributed by atoms with Gasteiger partial charge in [0.1, 0.15) is 5.75 Å². The fraction of sp³-hybridized carbons (Fsp3) is 0.208. The maximum atomic E-state index is 12.9. The van der Waals surface area contributed by atoms with Crippen molar-refractivity contribution in [1.82, 2.24) is 14.8 Å². The molecule has 152 valence electrons. The first-order valence-corrected chi connectivity index (χ1v) is 9.89. The molecule has 0 N–H and O–H groups in total. The number of hydrogen-bond acceptors (Lipinski definition) is 4. The van der Waals surface area contributed by atoms with Gasteiger partial charge in [-0.2, -0.15) is 0 Å². The summed E-state index contributed by atoms with van der Waals surface area (Å²) < 4.78 is 5.20. The summed E-state index contributed by atoms with van der Waals surface area (Å²) in [5.74, 6) is 0.604. The van der Waals surface area contributed by atoms with E-state index in [2.05, 4.69) is 4.98 Å². The van der Waals surface area contributed by atoms with Crippen molar-refractivity contribution in [2.24, 2.45) is 0 Å². The van der Waals surface area contributed by atoms with Crippen molar-refractivity contribution in [3.63, 3.8) is 0 Å². The molecule has 2 heterocycles. The Balaban J connectivity index is 1.38. The number of hydrogen-bond donors (Lipinski definition) is 0. The molecule has 2 aromatic carbocycles. The van der Waals surface area contributed by atoms with Crippen LogP contribution in [-0.4, -0.2) is 59.9 Å². The van der Waals surface area contributed by atoms with Crippen LogP contribution in [0.25, 0.3) is 11.1 Å². The van der Waals surface area contributed by atoms with Gasteiger partial charge in [-0.3, -0.25) is 14.6 Å². The van der Waals surface area contributed by atoms with Crippen LogP contribution in [0.5, 0.6) is 5.75 Å². The highest BCUT2D eigenvalue weighted by Gasteiger charge is 2.25. The quantitative estimate of drug-likeness (QED) is 0.673. The van der Waals surface area contributed by atoms with Crippen LogP contribution in [0.2, 0.25) is 0 Å². The second kappa shape index (κ2) is 8.78. The Morgan fingerprint density at radius 3 is 2.07 bits per heavy atom. The predicted molar refractivity (Wildman–Crippen MR) is 114 cm³/mol. The van der Waals surface area contributed by atoms with Gasteiger partial charge in [0, 0.05) is 49.7 Å². The molecule has 6 heteroatoms. The molecular formula is C24H23N3O3. The maximum Gasteiger partial charge on any atom is 0.254 e. The number of carbonyl (C=O) groups excluding carboxylic acids is 2. The lowest BCUT2D eigenvalue weighted by Gasteiger charge is -2.35. The molecule has 1 saturated heterocycles. The monoisotopic (exact) mass is 401 g/mol. The molecule has 1 aromatic heterocycles. The second-order valence-corrected chi connectivity index (χ2v) is 7.14. The van der Waals surface area contributed by atoms with Gasteiger partial charge >= 0.3 is 0 Å². The first-order valence-electron chi connectivity index (χ1n) is 9.89. The van der Waals surface area contributed by atoms with Crippen molar-refractivity contribution < 1.29 is 14.3 Å². The first kappa shape index (κ1) is 19.6. The number of ether oxygens (including phenoxy) is 1. The van der Waals surface area contributed by atoms with E-state index in [0.29, 0.717) is 43.1 Å². The SMILES string of the molecule is COc1cccc(C(=O)N2CCN(C(=O)c3ccc(-c4cccnc4)cc3)CC2)c1. The summed E-state index contributed by atoms with van der Waals surface area (Å²) in [7, 11) is 1.58. The fourth-order valence-electron chi connectivity index (χ4n) is 3.57. The molecule has 0 atom stereocenters. The van der Waals surface area contributed by atoms with Crippen molar-refractivity contribution in [3.8, 4) is 16.9 Å². The highest BCUT2D eigenvalue weighted by molar-refractivity contribution is 5.96. The van der Waals surface area contributed by atoms with Crippen molar-refractivity contribution in [1.29, 1.82) is 0 Å². The van der Waals surface area contributed by atoms with Crippen molar-refractivity contribution in [2.75, 3.05) is 33.3 Å². The minimum atomic E-state index is -0.0400. The van der Waals surface area contributed by atoms with E-state index in [1.165, 1.54) is 0 Å². The summed E-state index contributed by atoms with van der Waals surface area (Å²) in [5.41, 5.74) is 3.28. The van der Waals surface area contributed by atoms with Gasteiger partial charge in [0.05, 0.1) is 7.11 Å². The van der Waals surface area contributed by atoms with Crippen LogP contribution in [-0.2, 0) is 0 Å². The van der Waals surface area contributed by atoms with Crippen LogP contribution in [0.15, 0.2) is 73.1 Å². The van der Waals surface area contributed by atoms with Crippen LogP contribution in [0, 0.1) is 0 Å². The zero-order valence-corrected chi connectivity index (χ0v) is 16.8. The maximum absolute atomic E-state index is 12.9. The van der Waals surface area contributed by atoms with Crippen LogP contribution in [0.4, 0.5) is 0 Å². The summed E-state index contributed by atoms with van der Waals surface area (Å²) in [4.78, 5) is 33.3. The van der Waals surface area contributed by atoms with Crippen molar-refractivity contribution in [3.05, 3.63) is 84.2 Å². The van der Waals surface area contributed by atoms with E-state index in [0.717, 1.165) is 11.1 Å². The van der Waals surface area contributed by atoms with E-state index in [-0.39, 0.29) is 11.8 Å².